The van der Waals surface area contributed by atoms with Crippen LogP contribution in [0.25, 0.3) is 0 Å². The van der Waals surface area contributed by atoms with Crippen LogP contribution in [-0.4, -0.2) is 53.9 Å². The molecule has 2 unspecified atom stereocenters. The van der Waals surface area contributed by atoms with Crippen LogP contribution < -0.4 is 10.6 Å². The van der Waals surface area contributed by atoms with Crippen molar-refractivity contribution in [1.29, 1.82) is 0 Å². The molecule has 6 nitrogen and oxygen atoms in total. The Kier molecular flexibility index (Phi) is 7.82. The van der Waals surface area contributed by atoms with E-state index in [4.69, 9.17) is 0 Å². The van der Waals surface area contributed by atoms with Crippen LogP contribution in [0.15, 0.2) is 85.2 Å². The Hall–Kier alpha value is -3.51. The highest BCUT2D eigenvalue weighted by Gasteiger charge is 2.26. The molecule has 0 saturated carbocycles. The van der Waals surface area contributed by atoms with Gasteiger partial charge in [0.1, 0.15) is 0 Å². The van der Waals surface area contributed by atoms with Crippen LogP contribution in [0.5, 0.6) is 0 Å². The summed E-state index contributed by atoms with van der Waals surface area (Å²) in [4.78, 5) is 31.4. The van der Waals surface area contributed by atoms with Crippen molar-refractivity contribution in [3.05, 3.63) is 102 Å². The molecule has 2 heterocycles. The van der Waals surface area contributed by atoms with E-state index in [9.17, 15) is 9.59 Å². The second-order valence-electron chi connectivity index (χ2n) is 8.54. The normalized spacial score (nSPS) is 16.8. The number of carbonyl (C=O) groups excluding carboxylic acids is 2. The number of hydrogen-bond acceptors (Lipinski definition) is 4. The number of likely N-dealkylation sites (tertiary alicyclic amines) is 1. The van der Waals surface area contributed by atoms with Gasteiger partial charge in [0.25, 0.3) is 5.91 Å². The van der Waals surface area contributed by atoms with Crippen molar-refractivity contribution >= 4 is 11.8 Å². The zero-order chi connectivity index (χ0) is 22.9. The van der Waals surface area contributed by atoms with E-state index in [1.165, 1.54) is 5.56 Å². The summed E-state index contributed by atoms with van der Waals surface area (Å²) in [6, 6.07) is 23.6. The van der Waals surface area contributed by atoms with Gasteiger partial charge in [-0.15, -0.1) is 0 Å². The zero-order valence-electron chi connectivity index (χ0n) is 18.7. The fourth-order valence-electron chi connectivity index (χ4n) is 4.28. The van der Waals surface area contributed by atoms with E-state index >= 15 is 0 Å². The topological polar surface area (TPSA) is 74.3 Å². The number of nitrogens with zero attached hydrogens (tertiary/aromatic N) is 2. The molecule has 1 saturated heterocycles. The maximum absolute atomic E-state index is 12.7. The van der Waals surface area contributed by atoms with Gasteiger partial charge in [-0.2, -0.15) is 0 Å². The van der Waals surface area contributed by atoms with Crippen LogP contribution in [0.3, 0.4) is 0 Å². The van der Waals surface area contributed by atoms with Crippen molar-refractivity contribution in [2.75, 3.05) is 26.2 Å². The lowest BCUT2D eigenvalue weighted by molar-refractivity contribution is -0.122. The third kappa shape index (κ3) is 6.73. The fourth-order valence-corrected chi connectivity index (χ4v) is 4.28. The molecular formula is C27H34N4O2. The van der Waals surface area contributed by atoms with Gasteiger partial charge >= 0.3 is 0 Å². The number of aromatic nitrogens is 1. The van der Waals surface area contributed by atoms with Crippen LogP contribution in [0, 0.1) is 0 Å². The van der Waals surface area contributed by atoms with Crippen LogP contribution in [-0.2, 0) is 11.2 Å². The van der Waals surface area contributed by atoms with Gasteiger partial charge in [-0.05, 0) is 42.2 Å². The van der Waals surface area contributed by atoms with E-state index < -0.39 is 0 Å². The standard InChI is InChI=1S/C27H30N4O2.2H2/c32-26(20-31-15-13-25(19-31)30-27(33)23-11-5-2-6-12-23)29-18-24(22-9-3-1-4-10-22)16-21-8-7-14-28-17-21;;/h1-12,14,17,24-25H,13,15-16,18-20H2,(H,29,32)(H,30,33);2*1H. The van der Waals surface area contributed by atoms with E-state index in [2.05, 4.69) is 38.7 Å². The first-order valence-electron chi connectivity index (χ1n) is 11.5. The van der Waals surface area contributed by atoms with E-state index in [0.29, 0.717) is 25.2 Å². The molecule has 2 N–H and O–H groups in total. The highest BCUT2D eigenvalue weighted by atomic mass is 16.2. The molecule has 33 heavy (non-hydrogen) atoms. The molecule has 2 atom stereocenters. The summed E-state index contributed by atoms with van der Waals surface area (Å²) in [5.41, 5.74) is 3.01. The molecule has 4 rings (SSSR count). The zero-order valence-corrected chi connectivity index (χ0v) is 18.7. The monoisotopic (exact) mass is 446 g/mol. The minimum Gasteiger partial charge on any atom is -0.354 e. The number of amides is 2. The second-order valence-corrected chi connectivity index (χ2v) is 8.54. The Morgan fingerprint density at radius 1 is 1.03 bits per heavy atom. The SMILES string of the molecule is O=C(CN1CCC(NC(=O)c2ccccc2)C1)NCC(Cc1cccnc1)c1ccccc1.[HH].[HH]. The highest BCUT2D eigenvalue weighted by molar-refractivity contribution is 5.94. The maximum atomic E-state index is 12.7. The van der Waals surface area contributed by atoms with Crippen LogP contribution in [0.2, 0.25) is 0 Å². The molecule has 0 radical (unpaired) electrons. The number of nitrogens with one attached hydrogen (secondary N) is 2. The van der Waals surface area contributed by atoms with Crippen molar-refractivity contribution < 1.29 is 12.4 Å². The highest BCUT2D eigenvalue weighted by Crippen LogP contribution is 2.20. The minimum absolute atomic E-state index is 0. The molecule has 1 aliphatic rings. The van der Waals surface area contributed by atoms with Gasteiger partial charge in [0.05, 0.1) is 6.54 Å². The van der Waals surface area contributed by atoms with E-state index in [-0.39, 0.29) is 26.6 Å². The second kappa shape index (κ2) is 11.4. The molecular weight excluding hydrogens is 412 g/mol. The third-order valence-electron chi connectivity index (χ3n) is 6.03. The molecule has 1 aliphatic heterocycles. The Balaban J connectivity index is 0.00000216. The molecule has 0 spiro atoms. The number of carbonyl (C=O) groups is 2. The van der Waals surface area contributed by atoms with Gasteiger partial charge in [-0.25, -0.2) is 0 Å². The van der Waals surface area contributed by atoms with Crippen molar-refractivity contribution in [2.24, 2.45) is 0 Å². The molecule has 2 aromatic carbocycles. The molecule has 1 fully saturated rings. The lowest BCUT2D eigenvalue weighted by Gasteiger charge is -2.20. The van der Waals surface area contributed by atoms with Crippen molar-refractivity contribution in [3.63, 3.8) is 0 Å². The molecule has 2 amide bonds. The van der Waals surface area contributed by atoms with Crippen molar-refractivity contribution in [3.8, 4) is 0 Å². The average Bonchev–Trinajstić information content (AvgIpc) is 3.30. The summed E-state index contributed by atoms with van der Waals surface area (Å²) in [7, 11) is 0. The third-order valence-corrected chi connectivity index (χ3v) is 6.03. The fraction of sp³-hybridized carbons (Fsp3) is 0.296. The Morgan fingerprint density at radius 2 is 1.79 bits per heavy atom. The molecule has 0 aliphatic carbocycles. The van der Waals surface area contributed by atoms with Crippen LogP contribution in [0.4, 0.5) is 0 Å². The first-order valence-corrected chi connectivity index (χ1v) is 11.5. The quantitative estimate of drug-likeness (QED) is 0.527. The van der Waals surface area contributed by atoms with Gasteiger partial charge in [0.2, 0.25) is 5.91 Å². The summed E-state index contributed by atoms with van der Waals surface area (Å²) in [5.74, 6) is 0.126. The predicted octanol–water partition coefficient (Wildman–Crippen LogP) is 3.52. The van der Waals surface area contributed by atoms with Crippen molar-refractivity contribution in [2.45, 2.75) is 24.8 Å². The molecule has 174 valence electrons. The van der Waals surface area contributed by atoms with Gasteiger partial charge in [-0.1, -0.05) is 54.6 Å². The predicted molar refractivity (Wildman–Crippen MR) is 133 cm³/mol. The summed E-state index contributed by atoms with van der Waals surface area (Å²) < 4.78 is 0. The maximum Gasteiger partial charge on any atom is 0.251 e. The molecule has 0 bridgehead atoms. The Labute approximate surface area is 198 Å². The molecule has 1 aromatic heterocycles. The van der Waals surface area contributed by atoms with Gasteiger partial charge in [0.15, 0.2) is 0 Å². The molecule has 3 aromatic rings. The number of pyridine rings is 1. The number of rotatable bonds is 9. The first kappa shape index (κ1) is 22.7. The van der Waals surface area contributed by atoms with Gasteiger partial charge < -0.3 is 10.6 Å². The Bertz CT molecular complexity index is 1040. The van der Waals surface area contributed by atoms with E-state index in [0.717, 1.165) is 24.9 Å². The van der Waals surface area contributed by atoms with Gasteiger partial charge in [0, 0.05) is 52.4 Å². The lowest BCUT2D eigenvalue weighted by atomic mass is 9.92. The van der Waals surface area contributed by atoms with Gasteiger partial charge in [-0.3, -0.25) is 19.5 Å². The average molecular weight is 447 g/mol. The summed E-state index contributed by atoms with van der Waals surface area (Å²) >= 11 is 0. The van der Waals surface area contributed by atoms with E-state index in [1.54, 1.807) is 6.20 Å². The smallest absolute Gasteiger partial charge is 0.251 e. The molecule has 6 heteroatoms. The van der Waals surface area contributed by atoms with E-state index in [1.807, 2.05) is 60.8 Å². The summed E-state index contributed by atoms with van der Waals surface area (Å²) in [6.45, 7) is 2.39. The number of hydrogen-bond donors (Lipinski definition) is 2. The summed E-state index contributed by atoms with van der Waals surface area (Å²) in [5, 5.41) is 6.20. The van der Waals surface area contributed by atoms with Crippen LogP contribution >= 0.6 is 0 Å². The van der Waals surface area contributed by atoms with Crippen molar-refractivity contribution in [1.82, 2.24) is 20.5 Å². The Morgan fingerprint density at radius 3 is 2.52 bits per heavy atom. The largest absolute Gasteiger partial charge is 0.354 e. The van der Waals surface area contributed by atoms with Crippen LogP contribution in [0.1, 0.15) is 36.7 Å². The first-order chi connectivity index (χ1) is 16.2. The number of benzene rings is 2. The summed E-state index contributed by atoms with van der Waals surface area (Å²) in [6.07, 6.45) is 5.31. The lowest BCUT2D eigenvalue weighted by Crippen LogP contribution is -2.41. The minimum atomic E-state index is -0.0620.